The second-order valence-electron chi connectivity index (χ2n) is 7.98. The number of aryl methyl sites for hydroxylation is 2. The first-order valence-corrected chi connectivity index (χ1v) is 10.1. The van der Waals surface area contributed by atoms with E-state index in [4.69, 9.17) is 30.0 Å². The van der Waals surface area contributed by atoms with Gasteiger partial charge in [-0.05, 0) is 61.9 Å². The summed E-state index contributed by atoms with van der Waals surface area (Å²) in [6, 6.07) is 8.75. The molecule has 7 heteroatoms. The Balaban J connectivity index is 0.000000401. The molecule has 4 N–H and O–H groups in total. The lowest BCUT2D eigenvalue weighted by atomic mass is 9.96. The van der Waals surface area contributed by atoms with E-state index in [1.807, 2.05) is 0 Å². The summed E-state index contributed by atoms with van der Waals surface area (Å²) in [7, 11) is 0. The molecule has 1 aliphatic heterocycles. The van der Waals surface area contributed by atoms with Crippen LogP contribution in [0.15, 0.2) is 28.7 Å². The van der Waals surface area contributed by atoms with Gasteiger partial charge in [0, 0.05) is 24.0 Å². The summed E-state index contributed by atoms with van der Waals surface area (Å²) in [6.07, 6.45) is 1.11. The van der Waals surface area contributed by atoms with Crippen molar-refractivity contribution in [2.24, 2.45) is 0 Å². The van der Waals surface area contributed by atoms with Crippen LogP contribution in [0.2, 0.25) is 0 Å². The van der Waals surface area contributed by atoms with Gasteiger partial charge in [0.05, 0.1) is 12.2 Å². The van der Waals surface area contributed by atoms with Crippen molar-refractivity contribution in [1.82, 2.24) is 4.90 Å². The van der Waals surface area contributed by atoms with E-state index >= 15 is 0 Å². The van der Waals surface area contributed by atoms with Crippen LogP contribution < -0.4 is 5.73 Å². The molecule has 0 aliphatic carbocycles. The maximum atomic E-state index is 9.10. The highest BCUT2D eigenvalue weighted by atomic mass is 16.4. The molecule has 31 heavy (non-hydrogen) atoms. The summed E-state index contributed by atoms with van der Waals surface area (Å²) in [5, 5.41) is 16.0. The quantitative estimate of drug-likeness (QED) is 0.421. The summed E-state index contributed by atoms with van der Waals surface area (Å²) < 4.78 is 6.27. The number of nitrogens with zero attached hydrogens (tertiary/aromatic N) is 1. The van der Waals surface area contributed by atoms with Gasteiger partial charge < -0.3 is 20.4 Å². The number of nitrogen functional groups attached to an aromatic ring is 1. The van der Waals surface area contributed by atoms with Crippen LogP contribution in [-0.2, 0) is 29.1 Å². The molecule has 7 nitrogen and oxygen atoms in total. The van der Waals surface area contributed by atoms with Gasteiger partial charge in [0.25, 0.3) is 0 Å². The predicted octanol–water partition coefficient (Wildman–Crippen LogP) is 3.96. The van der Waals surface area contributed by atoms with Crippen LogP contribution in [0.5, 0.6) is 0 Å². The molecular formula is C24H28N2O5. The molecule has 1 aliphatic rings. The third kappa shape index (κ3) is 4.41. The molecule has 0 amide bonds. The minimum atomic E-state index is -1.82. The molecule has 2 aromatic carbocycles. The van der Waals surface area contributed by atoms with Crippen LogP contribution in [0, 0.1) is 27.7 Å². The minimum absolute atomic E-state index is 0.788. The number of furan rings is 1. The monoisotopic (exact) mass is 424 g/mol. The van der Waals surface area contributed by atoms with E-state index in [-0.39, 0.29) is 0 Å². The molecule has 1 aromatic heterocycles. The van der Waals surface area contributed by atoms with Crippen molar-refractivity contribution in [1.29, 1.82) is 0 Å². The van der Waals surface area contributed by atoms with Gasteiger partial charge in [-0.2, -0.15) is 0 Å². The maximum Gasteiger partial charge on any atom is 0.414 e. The maximum absolute atomic E-state index is 9.10. The zero-order valence-corrected chi connectivity index (χ0v) is 18.3. The van der Waals surface area contributed by atoms with Crippen molar-refractivity contribution in [3.8, 4) is 0 Å². The van der Waals surface area contributed by atoms with Gasteiger partial charge in [0.1, 0.15) is 5.76 Å². The molecule has 0 unspecified atom stereocenters. The fraction of sp³-hybridized carbons (Fsp3) is 0.333. The Morgan fingerprint density at radius 1 is 0.968 bits per heavy atom. The Labute approximate surface area is 181 Å². The van der Waals surface area contributed by atoms with Crippen molar-refractivity contribution in [2.45, 2.75) is 47.2 Å². The number of carboxylic acid groups (broad SMARTS) is 2. The average molecular weight is 424 g/mol. The first kappa shape index (κ1) is 22.4. The fourth-order valence-electron chi connectivity index (χ4n) is 4.09. The van der Waals surface area contributed by atoms with Crippen molar-refractivity contribution in [3.63, 3.8) is 0 Å². The first-order valence-electron chi connectivity index (χ1n) is 10.1. The summed E-state index contributed by atoms with van der Waals surface area (Å²) in [4.78, 5) is 20.7. The zero-order valence-electron chi connectivity index (χ0n) is 18.3. The molecule has 0 atom stereocenters. The molecule has 0 saturated carbocycles. The Bertz CT molecular complexity index is 1150. The van der Waals surface area contributed by atoms with Crippen LogP contribution in [0.25, 0.3) is 11.0 Å². The Kier molecular flexibility index (Phi) is 6.36. The highest BCUT2D eigenvalue weighted by Crippen LogP contribution is 2.37. The van der Waals surface area contributed by atoms with E-state index < -0.39 is 11.9 Å². The number of fused-ring (bicyclic) bond motifs is 2. The van der Waals surface area contributed by atoms with Gasteiger partial charge in [-0.25, -0.2) is 9.59 Å². The lowest BCUT2D eigenvalue weighted by Crippen LogP contribution is -2.30. The molecule has 0 radical (unpaired) electrons. The topological polar surface area (TPSA) is 117 Å². The lowest BCUT2D eigenvalue weighted by molar-refractivity contribution is -0.159. The first-order chi connectivity index (χ1) is 14.6. The molecular weight excluding hydrogens is 396 g/mol. The highest BCUT2D eigenvalue weighted by Gasteiger charge is 2.22. The predicted molar refractivity (Wildman–Crippen MR) is 119 cm³/mol. The molecule has 0 fully saturated rings. The van der Waals surface area contributed by atoms with Gasteiger partial charge in [-0.1, -0.05) is 24.3 Å². The highest BCUT2D eigenvalue weighted by molar-refractivity contribution is 6.27. The standard InChI is InChI=1S/C22H26N2O.C2H2O4/c1-13-14(2)20-16(4)19(25-22(20)21(23)15(13)3)12-24-10-9-17-7-5-6-8-18(17)11-24;3-1(4)2(5)6/h5-8H,9-12,23H2,1-4H3;(H,3,4)(H,5,6). The molecule has 0 bridgehead atoms. The average Bonchev–Trinajstić information content (AvgIpc) is 3.07. The summed E-state index contributed by atoms with van der Waals surface area (Å²) in [6.45, 7) is 11.5. The van der Waals surface area contributed by atoms with Crippen LogP contribution in [-0.4, -0.2) is 33.6 Å². The number of rotatable bonds is 2. The number of carboxylic acids is 2. The Morgan fingerprint density at radius 3 is 2.19 bits per heavy atom. The van der Waals surface area contributed by atoms with Crippen molar-refractivity contribution in [2.75, 3.05) is 12.3 Å². The molecule has 3 aromatic rings. The lowest BCUT2D eigenvalue weighted by Gasteiger charge is -2.28. The SMILES string of the molecule is Cc1c(C)c(C)c2c(C)c(CN3CCc4ccccc4C3)oc2c1N.O=C(O)C(=O)O. The van der Waals surface area contributed by atoms with Crippen LogP contribution in [0.3, 0.4) is 0 Å². The van der Waals surface area contributed by atoms with E-state index in [2.05, 4.69) is 56.9 Å². The van der Waals surface area contributed by atoms with Crippen molar-refractivity contribution >= 4 is 28.6 Å². The molecule has 2 heterocycles. The molecule has 4 rings (SSSR count). The van der Waals surface area contributed by atoms with Gasteiger partial charge in [-0.3, -0.25) is 4.90 Å². The number of nitrogens with two attached hydrogens (primary N) is 1. The van der Waals surface area contributed by atoms with Crippen LogP contribution in [0.1, 0.15) is 39.1 Å². The number of anilines is 1. The third-order valence-electron chi connectivity index (χ3n) is 6.15. The molecule has 0 saturated heterocycles. The number of benzene rings is 2. The van der Waals surface area contributed by atoms with E-state index in [0.717, 1.165) is 48.6 Å². The van der Waals surface area contributed by atoms with Gasteiger partial charge >= 0.3 is 11.9 Å². The molecule has 0 spiro atoms. The van der Waals surface area contributed by atoms with E-state index in [1.54, 1.807) is 0 Å². The fourth-order valence-corrected chi connectivity index (χ4v) is 4.09. The van der Waals surface area contributed by atoms with Crippen LogP contribution in [0.4, 0.5) is 5.69 Å². The minimum Gasteiger partial charge on any atom is -0.473 e. The summed E-state index contributed by atoms with van der Waals surface area (Å²) in [5.41, 5.74) is 15.9. The van der Waals surface area contributed by atoms with Gasteiger partial charge in [0.2, 0.25) is 0 Å². The number of hydrogen-bond donors (Lipinski definition) is 3. The Morgan fingerprint density at radius 2 is 1.58 bits per heavy atom. The van der Waals surface area contributed by atoms with Crippen molar-refractivity contribution in [3.05, 3.63) is 63.4 Å². The normalized spacial score (nSPS) is 13.4. The third-order valence-corrected chi connectivity index (χ3v) is 6.15. The second-order valence-corrected chi connectivity index (χ2v) is 7.98. The molecule has 164 valence electrons. The van der Waals surface area contributed by atoms with Crippen LogP contribution >= 0.6 is 0 Å². The van der Waals surface area contributed by atoms with Gasteiger partial charge in [0.15, 0.2) is 5.58 Å². The number of hydrogen-bond acceptors (Lipinski definition) is 5. The zero-order chi connectivity index (χ0) is 22.9. The van der Waals surface area contributed by atoms with E-state index in [9.17, 15) is 0 Å². The summed E-state index contributed by atoms with van der Waals surface area (Å²) >= 11 is 0. The Hall–Kier alpha value is -3.32. The van der Waals surface area contributed by atoms with Crippen molar-refractivity contribution < 1.29 is 24.2 Å². The second kappa shape index (κ2) is 8.81. The van der Waals surface area contributed by atoms with Gasteiger partial charge in [-0.15, -0.1) is 0 Å². The van der Waals surface area contributed by atoms with E-state index in [1.165, 1.54) is 33.2 Å². The largest absolute Gasteiger partial charge is 0.473 e. The van der Waals surface area contributed by atoms with E-state index in [0.29, 0.717) is 0 Å². The summed E-state index contributed by atoms with van der Waals surface area (Å²) in [5.74, 6) is -2.60. The number of aliphatic carboxylic acids is 2. The smallest absolute Gasteiger partial charge is 0.414 e. The number of carbonyl (C=O) groups is 2.